The molecule has 0 atom stereocenters. The zero-order valence-electron chi connectivity index (χ0n) is 11.2. The minimum absolute atomic E-state index is 0.00917. The summed E-state index contributed by atoms with van der Waals surface area (Å²) < 4.78 is 5.27. The number of ether oxygens (including phenoxy) is 1. The van der Waals surface area contributed by atoms with Crippen LogP contribution in [0.15, 0.2) is 36.7 Å². The van der Waals surface area contributed by atoms with Crippen LogP contribution in [0.25, 0.3) is 0 Å². The molecule has 1 amide bonds. The second kappa shape index (κ2) is 6.09. The average molecular weight is 258 g/mol. The predicted octanol–water partition coefficient (Wildman–Crippen LogP) is 2.19. The molecule has 2 rings (SSSR count). The Bertz CT molecular complexity index is 547. The Balaban J connectivity index is 1.96. The minimum atomic E-state index is -0.00917. The standard InChI is InChI=1S/C15H18N2O2/c1-11-3-4-14(19-2)13(7-11)8-15(18)17-10-12-5-6-16-9-12/h3-7,9,16H,8,10H2,1-2H3,(H,17,18). The number of aromatic amines is 1. The fourth-order valence-corrected chi connectivity index (χ4v) is 1.95. The van der Waals surface area contributed by atoms with E-state index in [1.165, 1.54) is 0 Å². The first-order chi connectivity index (χ1) is 9.19. The van der Waals surface area contributed by atoms with Gasteiger partial charge in [0.15, 0.2) is 0 Å². The van der Waals surface area contributed by atoms with Crippen molar-refractivity contribution < 1.29 is 9.53 Å². The highest BCUT2D eigenvalue weighted by Crippen LogP contribution is 2.20. The van der Waals surface area contributed by atoms with Crippen LogP contribution in [0.5, 0.6) is 5.75 Å². The summed E-state index contributed by atoms with van der Waals surface area (Å²) in [5, 5.41) is 2.89. The Morgan fingerprint density at radius 3 is 2.89 bits per heavy atom. The number of carbonyl (C=O) groups excluding carboxylic acids is 1. The molecule has 0 saturated heterocycles. The molecule has 19 heavy (non-hydrogen) atoms. The first-order valence-corrected chi connectivity index (χ1v) is 6.21. The molecule has 0 radical (unpaired) electrons. The molecule has 2 aromatic rings. The van der Waals surface area contributed by atoms with Crippen LogP contribution in [0.1, 0.15) is 16.7 Å². The number of methoxy groups -OCH3 is 1. The van der Waals surface area contributed by atoms with Crippen molar-refractivity contribution in [3.63, 3.8) is 0 Å². The van der Waals surface area contributed by atoms with Gasteiger partial charge in [-0.25, -0.2) is 0 Å². The van der Waals surface area contributed by atoms with E-state index >= 15 is 0 Å². The van der Waals surface area contributed by atoms with Crippen LogP contribution in [-0.4, -0.2) is 18.0 Å². The fraction of sp³-hybridized carbons (Fsp3) is 0.267. The lowest BCUT2D eigenvalue weighted by Gasteiger charge is -2.09. The number of H-pyrrole nitrogens is 1. The maximum Gasteiger partial charge on any atom is 0.224 e. The molecule has 4 heteroatoms. The van der Waals surface area contributed by atoms with Gasteiger partial charge in [-0.2, -0.15) is 0 Å². The van der Waals surface area contributed by atoms with Crippen LogP contribution >= 0.6 is 0 Å². The van der Waals surface area contributed by atoms with Crippen LogP contribution in [-0.2, 0) is 17.8 Å². The van der Waals surface area contributed by atoms with E-state index in [0.717, 1.165) is 22.4 Å². The van der Waals surface area contributed by atoms with Crippen molar-refractivity contribution >= 4 is 5.91 Å². The van der Waals surface area contributed by atoms with Gasteiger partial charge >= 0.3 is 0 Å². The van der Waals surface area contributed by atoms with E-state index in [1.807, 2.05) is 43.6 Å². The van der Waals surface area contributed by atoms with E-state index in [1.54, 1.807) is 7.11 Å². The van der Waals surface area contributed by atoms with Gasteiger partial charge < -0.3 is 15.0 Å². The highest BCUT2D eigenvalue weighted by Gasteiger charge is 2.09. The molecule has 2 N–H and O–H groups in total. The highest BCUT2D eigenvalue weighted by atomic mass is 16.5. The average Bonchev–Trinajstić information content (AvgIpc) is 2.90. The number of aromatic nitrogens is 1. The molecule has 0 bridgehead atoms. The summed E-state index contributed by atoms with van der Waals surface area (Å²) in [6.45, 7) is 2.54. The van der Waals surface area contributed by atoms with E-state index in [2.05, 4.69) is 10.3 Å². The SMILES string of the molecule is COc1ccc(C)cc1CC(=O)NCc1cc[nH]c1. The third-order valence-corrected chi connectivity index (χ3v) is 2.94. The van der Waals surface area contributed by atoms with Crippen molar-refractivity contribution in [2.24, 2.45) is 0 Å². The summed E-state index contributed by atoms with van der Waals surface area (Å²) in [5.74, 6) is 0.743. The second-order valence-corrected chi connectivity index (χ2v) is 4.49. The first kappa shape index (κ1) is 13.2. The Labute approximate surface area is 112 Å². The van der Waals surface area contributed by atoms with Crippen molar-refractivity contribution in [2.45, 2.75) is 19.9 Å². The molecule has 4 nitrogen and oxygen atoms in total. The lowest BCUT2D eigenvalue weighted by molar-refractivity contribution is -0.120. The van der Waals surface area contributed by atoms with E-state index in [0.29, 0.717) is 13.0 Å². The molecule has 1 heterocycles. The number of aryl methyl sites for hydroxylation is 1. The van der Waals surface area contributed by atoms with Gasteiger partial charge in [0.05, 0.1) is 13.5 Å². The summed E-state index contributed by atoms with van der Waals surface area (Å²) in [6.07, 6.45) is 4.04. The predicted molar refractivity (Wildman–Crippen MR) is 74.1 cm³/mol. The number of amides is 1. The molecule has 0 fully saturated rings. The number of benzene rings is 1. The Morgan fingerprint density at radius 1 is 1.37 bits per heavy atom. The maximum atomic E-state index is 11.9. The largest absolute Gasteiger partial charge is 0.496 e. The molecule has 0 aliphatic carbocycles. The summed E-state index contributed by atoms with van der Waals surface area (Å²) in [5.41, 5.74) is 3.09. The summed E-state index contributed by atoms with van der Waals surface area (Å²) in [6, 6.07) is 7.78. The van der Waals surface area contributed by atoms with Crippen LogP contribution in [0, 0.1) is 6.92 Å². The van der Waals surface area contributed by atoms with Crippen molar-refractivity contribution in [3.05, 3.63) is 53.3 Å². The fourth-order valence-electron chi connectivity index (χ4n) is 1.95. The molecular weight excluding hydrogens is 240 g/mol. The number of hydrogen-bond acceptors (Lipinski definition) is 2. The van der Waals surface area contributed by atoms with Crippen molar-refractivity contribution in [1.82, 2.24) is 10.3 Å². The van der Waals surface area contributed by atoms with Gasteiger partial charge in [0.25, 0.3) is 0 Å². The molecule has 0 unspecified atom stereocenters. The quantitative estimate of drug-likeness (QED) is 0.863. The van der Waals surface area contributed by atoms with Crippen LogP contribution in [0.3, 0.4) is 0 Å². The van der Waals surface area contributed by atoms with Gasteiger partial charge in [-0.1, -0.05) is 17.7 Å². The van der Waals surface area contributed by atoms with Crippen molar-refractivity contribution in [3.8, 4) is 5.75 Å². The second-order valence-electron chi connectivity index (χ2n) is 4.49. The lowest BCUT2D eigenvalue weighted by Crippen LogP contribution is -2.24. The van der Waals surface area contributed by atoms with Gasteiger partial charge in [-0.05, 0) is 24.6 Å². The molecular formula is C15H18N2O2. The monoisotopic (exact) mass is 258 g/mol. The molecule has 100 valence electrons. The topological polar surface area (TPSA) is 54.1 Å². The normalized spacial score (nSPS) is 10.2. The third-order valence-electron chi connectivity index (χ3n) is 2.94. The molecule has 0 aliphatic heterocycles. The van der Waals surface area contributed by atoms with Gasteiger partial charge in [0, 0.05) is 24.5 Å². The number of hydrogen-bond donors (Lipinski definition) is 2. The summed E-state index contributed by atoms with van der Waals surface area (Å²) in [7, 11) is 1.62. The summed E-state index contributed by atoms with van der Waals surface area (Å²) in [4.78, 5) is 14.9. The van der Waals surface area contributed by atoms with E-state index in [4.69, 9.17) is 4.74 Å². The third kappa shape index (κ3) is 3.61. The molecule has 0 aliphatic rings. The number of rotatable bonds is 5. The smallest absolute Gasteiger partial charge is 0.224 e. The summed E-state index contributed by atoms with van der Waals surface area (Å²) >= 11 is 0. The number of nitrogens with one attached hydrogen (secondary N) is 2. The minimum Gasteiger partial charge on any atom is -0.496 e. The lowest BCUT2D eigenvalue weighted by atomic mass is 10.1. The van der Waals surface area contributed by atoms with Gasteiger partial charge in [0.2, 0.25) is 5.91 Å². The molecule has 1 aromatic carbocycles. The van der Waals surface area contributed by atoms with Crippen molar-refractivity contribution in [1.29, 1.82) is 0 Å². The zero-order valence-corrected chi connectivity index (χ0v) is 11.2. The van der Waals surface area contributed by atoms with Crippen molar-refractivity contribution in [2.75, 3.05) is 7.11 Å². The van der Waals surface area contributed by atoms with E-state index < -0.39 is 0 Å². The zero-order chi connectivity index (χ0) is 13.7. The van der Waals surface area contributed by atoms with E-state index in [9.17, 15) is 4.79 Å². The van der Waals surface area contributed by atoms with Crippen LogP contribution < -0.4 is 10.1 Å². The molecule has 0 saturated carbocycles. The maximum absolute atomic E-state index is 11.9. The van der Waals surface area contributed by atoms with Crippen LogP contribution in [0.4, 0.5) is 0 Å². The van der Waals surface area contributed by atoms with Gasteiger partial charge in [-0.15, -0.1) is 0 Å². The highest BCUT2D eigenvalue weighted by molar-refractivity contribution is 5.79. The molecule has 1 aromatic heterocycles. The van der Waals surface area contributed by atoms with E-state index in [-0.39, 0.29) is 5.91 Å². The van der Waals surface area contributed by atoms with Crippen LogP contribution in [0.2, 0.25) is 0 Å². The Hall–Kier alpha value is -2.23. The first-order valence-electron chi connectivity index (χ1n) is 6.21. The van der Waals surface area contributed by atoms with Gasteiger partial charge in [-0.3, -0.25) is 4.79 Å². The Kier molecular flexibility index (Phi) is 4.23. The Morgan fingerprint density at radius 2 is 2.21 bits per heavy atom. The van der Waals surface area contributed by atoms with Gasteiger partial charge in [0.1, 0.15) is 5.75 Å². The number of carbonyl (C=O) groups is 1. The molecule has 0 spiro atoms.